The van der Waals surface area contributed by atoms with Gasteiger partial charge >= 0.3 is 0 Å². The Bertz CT molecular complexity index is 279. The molecule has 0 spiro atoms. The van der Waals surface area contributed by atoms with Crippen LogP contribution >= 0.6 is 0 Å². The van der Waals surface area contributed by atoms with Crippen LogP contribution in [0, 0.1) is 0 Å². The fraction of sp³-hybridized carbons (Fsp3) is 0.778. The lowest BCUT2D eigenvalue weighted by atomic mass is 10.1. The van der Waals surface area contributed by atoms with Crippen molar-refractivity contribution in [1.29, 1.82) is 0 Å². The van der Waals surface area contributed by atoms with E-state index in [1.165, 1.54) is 0 Å². The first kappa shape index (κ1) is 9.45. The van der Waals surface area contributed by atoms with Crippen LogP contribution in [0.15, 0.2) is 0 Å². The molecule has 0 aliphatic carbocycles. The molecule has 5 heteroatoms. The molecule has 2 aliphatic heterocycles. The Morgan fingerprint density at radius 3 is 2.86 bits per heavy atom. The summed E-state index contributed by atoms with van der Waals surface area (Å²) in [6.45, 7) is 2.89. The van der Waals surface area contributed by atoms with E-state index in [4.69, 9.17) is 4.74 Å². The third kappa shape index (κ3) is 1.37. The molecule has 2 saturated heterocycles. The Morgan fingerprint density at radius 2 is 2.21 bits per heavy atom. The highest BCUT2D eigenvalue weighted by molar-refractivity contribution is 5.79. The molecule has 2 unspecified atom stereocenters. The molecule has 5 nitrogen and oxygen atoms in total. The molecule has 2 atom stereocenters. The molecule has 0 radical (unpaired) electrons. The van der Waals surface area contributed by atoms with Crippen molar-refractivity contribution in [2.45, 2.75) is 19.1 Å². The van der Waals surface area contributed by atoms with Crippen LogP contribution in [0.25, 0.3) is 0 Å². The van der Waals surface area contributed by atoms with E-state index in [0.717, 1.165) is 0 Å². The van der Waals surface area contributed by atoms with Gasteiger partial charge < -0.3 is 14.5 Å². The summed E-state index contributed by atoms with van der Waals surface area (Å²) in [5, 5.41) is 0. The second-order valence-electron chi connectivity index (χ2n) is 3.85. The number of morpholine rings is 1. The summed E-state index contributed by atoms with van der Waals surface area (Å²) < 4.78 is 5.38. The smallest absolute Gasteiger partial charge is 0.248 e. The number of ether oxygens (including phenoxy) is 1. The van der Waals surface area contributed by atoms with Crippen LogP contribution in [0.4, 0.5) is 0 Å². The Morgan fingerprint density at radius 1 is 1.50 bits per heavy atom. The summed E-state index contributed by atoms with van der Waals surface area (Å²) >= 11 is 0. The predicted molar refractivity (Wildman–Crippen MR) is 48.6 cm³/mol. The van der Waals surface area contributed by atoms with E-state index in [-0.39, 0.29) is 30.6 Å². The largest absolute Gasteiger partial charge is 0.364 e. The van der Waals surface area contributed by atoms with Gasteiger partial charge in [0.1, 0.15) is 6.61 Å². The monoisotopic (exact) mass is 198 g/mol. The van der Waals surface area contributed by atoms with Crippen molar-refractivity contribution in [3.8, 4) is 0 Å². The zero-order valence-electron chi connectivity index (χ0n) is 8.40. The molecule has 14 heavy (non-hydrogen) atoms. The van der Waals surface area contributed by atoms with Crippen LogP contribution in [-0.4, -0.2) is 60.5 Å². The van der Waals surface area contributed by atoms with Crippen molar-refractivity contribution >= 4 is 11.8 Å². The van der Waals surface area contributed by atoms with Crippen LogP contribution in [0.2, 0.25) is 0 Å². The minimum Gasteiger partial charge on any atom is -0.364 e. The fourth-order valence-electron chi connectivity index (χ4n) is 2.01. The van der Waals surface area contributed by atoms with Crippen molar-refractivity contribution in [3.63, 3.8) is 0 Å². The second kappa shape index (κ2) is 3.24. The van der Waals surface area contributed by atoms with Crippen LogP contribution in [0.1, 0.15) is 6.92 Å². The zero-order valence-corrected chi connectivity index (χ0v) is 8.40. The Hall–Kier alpha value is -1.10. The Labute approximate surface area is 82.6 Å². The van der Waals surface area contributed by atoms with Crippen molar-refractivity contribution in [1.82, 2.24) is 9.80 Å². The SMILES string of the molecule is CC(=O)N1CC2OCC(=O)N(C)C2C1. The highest BCUT2D eigenvalue weighted by Crippen LogP contribution is 2.21. The van der Waals surface area contributed by atoms with Gasteiger partial charge in [-0.2, -0.15) is 0 Å². The van der Waals surface area contributed by atoms with Crippen molar-refractivity contribution in [3.05, 3.63) is 0 Å². The molecule has 2 aliphatic rings. The molecule has 2 heterocycles. The van der Waals surface area contributed by atoms with Gasteiger partial charge in [-0.15, -0.1) is 0 Å². The normalized spacial score (nSPS) is 32.0. The van der Waals surface area contributed by atoms with E-state index in [1.54, 1.807) is 23.8 Å². The third-order valence-corrected chi connectivity index (χ3v) is 2.99. The highest BCUT2D eigenvalue weighted by Gasteiger charge is 2.42. The lowest BCUT2D eigenvalue weighted by Gasteiger charge is -2.33. The molecule has 0 N–H and O–H groups in total. The van der Waals surface area contributed by atoms with Crippen LogP contribution in [0.5, 0.6) is 0 Å². The number of likely N-dealkylation sites (N-methyl/N-ethyl adjacent to an activating group) is 1. The highest BCUT2D eigenvalue weighted by atomic mass is 16.5. The van der Waals surface area contributed by atoms with Gasteiger partial charge in [-0.05, 0) is 0 Å². The maximum absolute atomic E-state index is 11.3. The van der Waals surface area contributed by atoms with Crippen LogP contribution in [-0.2, 0) is 14.3 Å². The lowest BCUT2D eigenvalue weighted by molar-refractivity contribution is -0.150. The topological polar surface area (TPSA) is 49.9 Å². The summed E-state index contributed by atoms with van der Waals surface area (Å²) in [7, 11) is 1.77. The Balaban J connectivity index is 2.10. The van der Waals surface area contributed by atoms with Gasteiger partial charge in [-0.3, -0.25) is 9.59 Å². The van der Waals surface area contributed by atoms with E-state index in [1.807, 2.05) is 0 Å². The number of carbonyl (C=O) groups is 2. The number of likely N-dealkylation sites (tertiary alicyclic amines) is 1. The summed E-state index contributed by atoms with van der Waals surface area (Å²) in [4.78, 5) is 25.9. The van der Waals surface area contributed by atoms with E-state index in [0.29, 0.717) is 13.1 Å². The standard InChI is InChI=1S/C9H14N2O3/c1-6(12)11-3-7-8(4-11)14-5-9(13)10(7)2/h7-8H,3-5H2,1-2H3. The minimum absolute atomic E-state index is 0.00148. The lowest BCUT2D eigenvalue weighted by Crippen LogP contribution is -2.51. The molecular weight excluding hydrogens is 184 g/mol. The molecule has 2 fully saturated rings. The molecule has 2 amide bonds. The number of carbonyl (C=O) groups excluding carboxylic acids is 2. The maximum atomic E-state index is 11.3. The van der Waals surface area contributed by atoms with Gasteiger partial charge in [-0.1, -0.05) is 0 Å². The van der Waals surface area contributed by atoms with Gasteiger partial charge in [0, 0.05) is 27.1 Å². The fourth-order valence-corrected chi connectivity index (χ4v) is 2.01. The first-order chi connectivity index (χ1) is 6.59. The second-order valence-corrected chi connectivity index (χ2v) is 3.85. The summed E-state index contributed by atoms with van der Waals surface area (Å²) in [5.41, 5.74) is 0. The number of fused-ring (bicyclic) bond motifs is 1. The van der Waals surface area contributed by atoms with E-state index >= 15 is 0 Å². The molecule has 0 bridgehead atoms. The van der Waals surface area contributed by atoms with Crippen molar-refractivity contribution < 1.29 is 14.3 Å². The van der Waals surface area contributed by atoms with Gasteiger partial charge in [0.25, 0.3) is 0 Å². The van der Waals surface area contributed by atoms with Gasteiger partial charge in [0.2, 0.25) is 11.8 Å². The van der Waals surface area contributed by atoms with E-state index in [2.05, 4.69) is 0 Å². The van der Waals surface area contributed by atoms with Gasteiger partial charge in [0.15, 0.2) is 0 Å². The Kier molecular flexibility index (Phi) is 2.19. The van der Waals surface area contributed by atoms with Crippen molar-refractivity contribution in [2.75, 3.05) is 26.7 Å². The molecular formula is C9H14N2O3. The molecule has 0 saturated carbocycles. The van der Waals surface area contributed by atoms with E-state index < -0.39 is 0 Å². The number of hydrogen-bond donors (Lipinski definition) is 0. The van der Waals surface area contributed by atoms with Crippen LogP contribution in [0.3, 0.4) is 0 Å². The minimum atomic E-state index is -0.00310. The van der Waals surface area contributed by atoms with Crippen LogP contribution < -0.4 is 0 Å². The molecule has 2 rings (SSSR count). The molecule has 78 valence electrons. The molecule has 0 aromatic rings. The first-order valence-corrected chi connectivity index (χ1v) is 4.72. The van der Waals surface area contributed by atoms with Crippen molar-refractivity contribution in [2.24, 2.45) is 0 Å². The predicted octanol–water partition coefficient (Wildman–Crippen LogP) is -0.926. The number of rotatable bonds is 0. The number of amides is 2. The summed E-state index contributed by atoms with van der Waals surface area (Å²) in [6, 6.07) is 0.0418. The third-order valence-electron chi connectivity index (χ3n) is 2.99. The molecule has 0 aromatic carbocycles. The van der Waals surface area contributed by atoms with E-state index in [9.17, 15) is 9.59 Å². The number of nitrogens with zero attached hydrogens (tertiary/aromatic N) is 2. The summed E-state index contributed by atoms with van der Waals surface area (Å²) in [5.74, 6) is 0.0421. The quantitative estimate of drug-likeness (QED) is 0.505. The average Bonchev–Trinajstić information content (AvgIpc) is 2.56. The maximum Gasteiger partial charge on any atom is 0.248 e. The van der Waals surface area contributed by atoms with Gasteiger partial charge in [0.05, 0.1) is 12.1 Å². The molecule has 0 aromatic heterocycles. The first-order valence-electron chi connectivity index (χ1n) is 4.72. The number of hydrogen-bond acceptors (Lipinski definition) is 3. The average molecular weight is 198 g/mol. The summed E-state index contributed by atoms with van der Waals surface area (Å²) in [6.07, 6.45) is 0.00148. The zero-order chi connectivity index (χ0) is 10.3. The van der Waals surface area contributed by atoms with Gasteiger partial charge in [-0.25, -0.2) is 0 Å².